The SMILES string of the molecule is CC(C)(C)OC(=O)n1c(-c2cnc(Cl)c(NS(=O)(=O)c3ccccc3)c2)cc2ccccc21. The molecule has 0 aliphatic heterocycles. The number of nitrogens with zero attached hydrogens (tertiary/aromatic N) is 2. The van der Waals surface area contributed by atoms with E-state index in [1.165, 1.54) is 22.9 Å². The number of rotatable bonds is 4. The van der Waals surface area contributed by atoms with E-state index in [1.54, 1.807) is 45.0 Å². The predicted octanol–water partition coefficient (Wildman–Crippen LogP) is 5.94. The first-order valence-electron chi connectivity index (χ1n) is 10.1. The first kappa shape index (κ1) is 22.8. The van der Waals surface area contributed by atoms with E-state index < -0.39 is 21.7 Å². The van der Waals surface area contributed by atoms with Gasteiger partial charge in [-0.1, -0.05) is 48.0 Å². The molecule has 9 heteroatoms. The van der Waals surface area contributed by atoms with Crippen LogP contribution >= 0.6 is 11.6 Å². The van der Waals surface area contributed by atoms with Crippen molar-refractivity contribution in [1.29, 1.82) is 0 Å². The van der Waals surface area contributed by atoms with Crippen LogP contribution < -0.4 is 4.72 Å². The first-order valence-corrected chi connectivity index (χ1v) is 12.0. The maximum Gasteiger partial charge on any atom is 0.419 e. The molecule has 0 saturated carbocycles. The second kappa shape index (κ2) is 8.53. The number of nitrogens with one attached hydrogen (secondary N) is 1. The number of hydrogen-bond acceptors (Lipinski definition) is 5. The summed E-state index contributed by atoms with van der Waals surface area (Å²) in [5.41, 5.74) is 1.04. The molecule has 2 heterocycles. The second-order valence-corrected chi connectivity index (χ2v) is 10.4. The Balaban J connectivity index is 1.81. The number of carbonyl (C=O) groups is 1. The molecule has 0 bridgehead atoms. The highest BCUT2D eigenvalue weighted by Crippen LogP contribution is 2.33. The molecule has 0 atom stereocenters. The Bertz CT molecular complexity index is 1440. The van der Waals surface area contributed by atoms with Gasteiger partial charge >= 0.3 is 6.09 Å². The lowest BCUT2D eigenvalue weighted by molar-refractivity contribution is 0.0547. The van der Waals surface area contributed by atoms with Gasteiger partial charge in [0, 0.05) is 17.1 Å². The topological polar surface area (TPSA) is 90.3 Å². The number of benzene rings is 2. The van der Waals surface area contributed by atoms with Gasteiger partial charge in [-0.2, -0.15) is 0 Å². The van der Waals surface area contributed by atoms with Gasteiger partial charge in [-0.05, 0) is 51.1 Å². The normalized spacial score (nSPS) is 12.0. The lowest BCUT2D eigenvalue weighted by atomic mass is 10.2. The van der Waals surface area contributed by atoms with Gasteiger partial charge in [0.05, 0.1) is 21.8 Å². The van der Waals surface area contributed by atoms with E-state index in [2.05, 4.69) is 9.71 Å². The van der Waals surface area contributed by atoms with Gasteiger partial charge in [-0.15, -0.1) is 0 Å². The number of halogens is 1. The van der Waals surface area contributed by atoms with Gasteiger partial charge in [0.2, 0.25) is 0 Å². The van der Waals surface area contributed by atoms with Crippen LogP contribution in [0.1, 0.15) is 20.8 Å². The number of pyridine rings is 1. The smallest absolute Gasteiger partial charge is 0.419 e. The molecule has 0 spiro atoms. The summed E-state index contributed by atoms with van der Waals surface area (Å²) in [6.45, 7) is 5.36. The molecule has 0 fully saturated rings. The van der Waals surface area contributed by atoms with Crippen molar-refractivity contribution in [2.24, 2.45) is 0 Å². The molecule has 0 radical (unpaired) electrons. The third-order valence-corrected chi connectivity index (χ3v) is 6.40. The van der Waals surface area contributed by atoms with Gasteiger partial charge < -0.3 is 4.74 Å². The van der Waals surface area contributed by atoms with Crippen molar-refractivity contribution in [1.82, 2.24) is 9.55 Å². The van der Waals surface area contributed by atoms with Crippen LogP contribution in [0.2, 0.25) is 5.15 Å². The fourth-order valence-corrected chi connectivity index (χ4v) is 4.62. The van der Waals surface area contributed by atoms with Crippen LogP contribution in [0.3, 0.4) is 0 Å². The molecule has 0 aliphatic rings. The Morgan fingerprint density at radius 1 is 1.03 bits per heavy atom. The lowest BCUT2D eigenvalue weighted by Crippen LogP contribution is -2.27. The van der Waals surface area contributed by atoms with Crippen molar-refractivity contribution in [2.45, 2.75) is 31.3 Å². The zero-order chi connectivity index (χ0) is 23.8. The van der Waals surface area contributed by atoms with Gasteiger partial charge in [0.1, 0.15) is 5.60 Å². The summed E-state index contributed by atoms with van der Waals surface area (Å²) in [7, 11) is -3.88. The third kappa shape index (κ3) is 4.86. The Morgan fingerprint density at radius 3 is 2.39 bits per heavy atom. The van der Waals surface area contributed by atoms with E-state index >= 15 is 0 Å². The maximum atomic E-state index is 13.1. The molecule has 0 saturated heterocycles. The predicted molar refractivity (Wildman–Crippen MR) is 129 cm³/mol. The number of carbonyl (C=O) groups excluding carboxylic acids is 1. The van der Waals surface area contributed by atoms with Gasteiger partial charge in [0.15, 0.2) is 5.15 Å². The highest BCUT2D eigenvalue weighted by Gasteiger charge is 2.24. The van der Waals surface area contributed by atoms with Crippen molar-refractivity contribution >= 4 is 44.3 Å². The lowest BCUT2D eigenvalue weighted by Gasteiger charge is -2.21. The second-order valence-electron chi connectivity index (χ2n) is 8.39. The highest BCUT2D eigenvalue weighted by atomic mass is 35.5. The standard InChI is InChI=1S/C24H22ClN3O4S/c1-24(2,3)32-23(29)28-20-12-8-7-9-16(20)14-21(28)17-13-19(22(25)26-15-17)27-33(30,31)18-10-5-4-6-11-18/h4-15,27H,1-3H3. The van der Waals surface area contributed by atoms with E-state index in [1.807, 2.05) is 30.3 Å². The molecule has 1 N–H and O–H groups in total. The highest BCUT2D eigenvalue weighted by molar-refractivity contribution is 7.92. The molecule has 33 heavy (non-hydrogen) atoms. The molecule has 7 nitrogen and oxygen atoms in total. The van der Waals surface area contributed by atoms with Gasteiger partial charge in [-0.3, -0.25) is 4.72 Å². The average Bonchev–Trinajstić information content (AvgIpc) is 3.14. The van der Waals surface area contributed by atoms with Gasteiger partial charge in [0.25, 0.3) is 10.0 Å². The number of sulfonamides is 1. The Morgan fingerprint density at radius 2 is 1.70 bits per heavy atom. The maximum absolute atomic E-state index is 13.1. The molecular weight excluding hydrogens is 462 g/mol. The fourth-order valence-electron chi connectivity index (χ4n) is 3.33. The molecule has 0 unspecified atom stereocenters. The van der Waals surface area contributed by atoms with Crippen molar-refractivity contribution in [2.75, 3.05) is 4.72 Å². The number of hydrogen-bond donors (Lipinski definition) is 1. The van der Waals surface area contributed by atoms with Crippen LogP contribution in [0.4, 0.5) is 10.5 Å². The largest absolute Gasteiger partial charge is 0.443 e. The number of fused-ring (bicyclic) bond motifs is 1. The minimum Gasteiger partial charge on any atom is -0.443 e. The Kier molecular flexibility index (Phi) is 5.90. The molecule has 2 aromatic carbocycles. The van der Waals surface area contributed by atoms with Crippen molar-refractivity contribution in [3.05, 3.63) is 78.1 Å². The number of aromatic nitrogens is 2. The fraction of sp³-hybridized carbons (Fsp3) is 0.167. The van der Waals surface area contributed by atoms with Crippen LogP contribution in [-0.2, 0) is 14.8 Å². The molecular formula is C24H22ClN3O4S. The summed E-state index contributed by atoms with van der Waals surface area (Å²) in [4.78, 5) is 17.3. The minimum atomic E-state index is -3.88. The Labute approximate surface area is 197 Å². The summed E-state index contributed by atoms with van der Waals surface area (Å²) in [6.07, 6.45) is 0.928. The zero-order valence-corrected chi connectivity index (χ0v) is 19.8. The van der Waals surface area contributed by atoms with Crippen LogP contribution in [-0.4, -0.2) is 29.7 Å². The quantitative estimate of drug-likeness (QED) is 0.363. The molecule has 0 amide bonds. The molecule has 4 aromatic rings. The molecule has 2 aromatic heterocycles. The molecule has 170 valence electrons. The average molecular weight is 484 g/mol. The van der Waals surface area contributed by atoms with Crippen molar-refractivity contribution < 1.29 is 17.9 Å². The van der Waals surface area contributed by atoms with Crippen LogP contribution in [0.5, 0.6) is 0 Å². The summed E-state index contributed by atoms with van der Waals surface area (Å²) >= 11 is 6.21. The molecule has 0 aliphatic carbocycles. The van der Waals surface area contributed by atoms with Crippen LogP contribution in [0.25, 0.3) is 22.2 Å². The van der Waals surface area contributed by atoms with E-state index in [0.29, 0.717) is 16.8 Å². The minimum absolute atomic E-state index is 0.0156. The van der Waals surface area contributed by atoms with Gasteiger partial charge in [-0.25, -0.2) is 22.8 Å². The third-order valence-electron chi connectivity index (χ3n) is 4.72. The monoisotopic (exact) mass is 483 g/mol. The number of ether oxygens (including phenoxy) is 1. The van der Waals surface area contributed by atoms with Crippen molar-refractivity contribution in [3.8, 4) is 11.3 Å². The summed E-state index contributed by atoms with van der Waals surface area (Å²) in [6, 6.07) is 18.7. The van der Waals surface area contributed by atoms with E-state index in [0.717, 1.165) is 5.39 Å². The summed E-state index contributed by atoms with van der Waals surface area (Å²) < 4.78 is 35.1. The van der Waals surface area contributed by atoms with E-state index in [-0.39, 0.29) is 15.7 Å². The first-order chi connectivity index (χ1) is 15.5. The van der Waals surface area contributed by atoms with E-state index in [4.69, 9.17) is 16.3 Å². The zero-order valence-electron chi connectivity index (χ0n) is 18.2. The number of para-hydroxylation sites is 1. The van der Waals surface area contributed by atoms with Crippen LogP contribution in [0, 0.1) is 0 Å². The number of anilines is 1. The van der Waals surface area contributed by atoms with E-state index in [9.17, 15) is 13.2 Å². The summed E-state index contributed by atoms with van der Waals surface area (Å²) in [5.74, 6) is 0. The van der Waals surface area contributed by atoms with Crippen molar-refractivity contribution in [3.63, 3.8) is 0 Å². The summed E-state index contributed by atoms with van der Waals surface area (Å²) in [5, 5.41) is 0.804. The Hall–Kier alpha value is -3.36. The van der Waals surface area contributed by atoms with Crippen LogP contribution in [0.15, 0.2) is 77.8 Å². The molecule has 4 rings (SSSR count).